The summed E-state index contributed by atoms with van der Waals surface area (Å²) in [4.78, 5) is 29.8. The van der Waals surface area contributed by atoms with Crippen molar-refractivity contribution >= 4 is 35.0 Å². The predicted molar refractivity (Wildman–Crippen MR) is 123 cm³/mol. The lowest BCUT2D eigenvalue weighted by Gasteiger charge is -2.26. The molecule has 5 nitrogen and oxygen atoms in total. The lowest BCUT2D eigenvalue weighted by Crippen LogP contribution is -2.41. The van der Waals surface area contributed by atoms with Gasteiger partial charge in [-0.3, -0.25) is 9.36 Å². The van der Waals surface area contributed by atoms with Crippen molar-refractivity contribution in [3.05, 3.63) is 101 Å². The zero-order chi connectivity index (χ0) is 24.6. The fourth-order valence-corrected chi connectivity index (χ4v) is 4.84. The highest BCUT2D eigenvalue weighted by molar-refractivity contribution is 7.07. The molecule has 4 rings (SSSR count). The molecule has 34 heavy (non-hydrogen) atoms. The summed E-state index contributed by atoms with van der Waals surface area (Å²) >= 11 is 6.79. The van der Waals surface area contributed by atoms with Crippen LogP contribution in [0, 0.1) is 6.92 Å². The number of benzene rings is 2. The number of aromatic nitrogens is 1. The molecule has 2 heterocycles. The Morgan fingerprint density at radius 2 is 1.94 bits per heavy atom. The molecule has 176 valence electrons. The molecule has 1 aliphatic heterocycles. The fourth-order valence-electron chi connectivity index (χ4n) is 3.71. The van der Waals surface area contributed by atoms with E-state index in [9.17, 15) is 22.8 Å². The standard InChI is InChI=1S/C24H18ClF3N2O3S/c1-3-33-22(32)18-19(15-7-9-16(25)10-8-15)30-21(31)17(12-14-6-4-5-13(2)11-14)34-23(30)29-20(18)24(26,27)28/h4-12,19H,3H2,1-2H3/b17-12+/t19-/m0/s1. The van der Waals surface area contributed by atoms with E-state index in [1.54, 1.807) is 12.1 Å². The minimum atomic E-state index is -4.95. The van der Waals surface area contributed by atoms with Crippen molar-refractivity contribution in [2.45, 2.75) is 26.1 Å². The predicted octanol–water partition coefficient (Wildman–Crippen LogP) is 4.30. The van der Waals surface area contributed by atoms with Crippen molar-refractivity contribution in [1.29, 1.82) is 0 Å². The van der Waals surface area contributed by atoms with Crippen molar-refractivity contribution in [2.75, 3.05) is 6.61 Å². The molecular weight excluding hydrogens is 489 g/mol. The van der Waals surface area contributed by atoms with Crippen LogP contribution in [-0.2, 0) is 9.53 Å². The van der Waals surface area contributed by atoms with Crippen molar-refractivity contribution in [3.8, 4) is 0 Å². The number of halogens is 4. The van der Waals surface area contributed by atoms with E-state index in [2.05, 4.69) is 4.99 Å². The zero-order valence-electron chi connectivity index (χ0n) is 18.0. The average molecular weight is 507 g/mol. The molecule has 0 spiro atoms. The molecule has 3 aromatic rings. The van der Waals surface area contributed by atoms with E-state index >= 15 is 0 Å². The quantitative estimate of drug-likeness (QED) is 0.496. The molecule has 0 N–H and O–H groups in total. The molecular formula is C24H18ClF3N2O3S. The number of hydrogen-bond acceptors (Lipinski definition) is 5. The van der Waals surface area contributed by atoms with Crippen molar-refractivity contribution in [1.82, 2.24) is 4.57 Å². The van der Waals surface area contributed by atoms with Gasteiger partial charge in [0, 0.05) is 5.02 Å². The second kappa shape index (κ2) is 9.23. The van der Waals surface area contributed by atoms with Gasteiger partial charge in [-0.15, -0.1) is 0 Å². The highest BCUT2D eigenvalue weighted by Gasteiger charge is 2.45. The first kappa shape index (κ1) is 24.0. The third kappa shape index (κ3) is 4.58. The number of thiazole rings is 1. The van der Waals surface area contributed by atoms with Crippen molar-refractivity contribution in [3.63, 3.8) is 0 Å². The molecule has 0 unspecified atom stereocenters. The lowest BCUT2D eigenvalue weighted by atomic mass is 9.95. The van der Waals surface area contributed by atoms with Gasteiger partial charge in [0.05, 0.1) is 22.8 Å². The Balaban J connectivity index is 2.05. The molecule has 0 bridgehead atoms. The van der Waals surface area contributed by atoms with Gasteiger partial charge in [-0.25, -0.2) is 9.79 Å². The van der Waals surface area contributed by atoms with Crippen LogP contribution in [0.3, 0.4) is 0 Å². The minimum absolute atomic E-state index is 0.140. The second-order valence-corrected chi connectivity index (χ2v) is 8.97. The summed E-state index contributed by atoms with van der Waals surface area (Å²) in [5, 5.41) is 0.355. The van der Waals surface area contributed by atoms with Gasteiger partial charge in [-0.2, -0.15) is 13.2 Å². The van der Waals surface area contributed by atoms with E-state index in [1.165, 1.54) is 31.2 Å². The number of ether oxygens (including phenoxy) is 1. The molecule has 1 aliphatic rings. The summed E-state index contributed by atoms with van der Waals surface area (Å²) in [6, 6.07) is 11.9. The summed E-state index contributed by atoms with van der Waals surface area (Å²) in [7, 11) is 0. The van der Waals surface area contributed by atoms with Gasteiger partial charge in [-0.1, -0.05) is 64.9 Å². The largest absolute Gasteiger partial charge is 0.463 e. The molecule has 1 atom stereocenters. The Bertz CT molecular complexity index is 1470. The SMILES string of the molecule is CCOC(=O)C1=C(C(F)(F)F)N=c2s/c(=C/c3cccc(C)c3)c(=O)n2[C@H]1c1ccc(Cl)cc1. The van der Waals surface area contributed by atoms with Gasteiger partial charge >= 0.3 is 12.1 Å². The summed E-state index contributed by atoms with van der Waals surface area (Å²) in [6.45, 7) is 3.24. The molecule has 0 saturated heterocycles. The first-order valence-corrected chi connectivity index (χ1v) is 11.4. The molecule has 2 aromatic carbocycles. The Morgan fingerprint density at radius 1 is 1.24 bits per heavy atom. The van der Waals surface area contributed by atoms with Crippen LogP contribution >= 0.6 is 22.9 Å². The van der Waals surface area contributed by atoms with E-state index in [1.807, 2.05) is 25.1 Å². The van der Waals surface area contributed by atoms with Gasteiger partial charge < -0.3 is 4.74 Å². The Morgan fingerprint density at radius 3 is 2.56 bits per heavy atom. The van der Waals surface area contributed by atoms with E-state index in [4.69, 9.17) is 16.3 Å². The highest BCUT2D eigenvalue weighted by Crippen LogP contribution is 2.38. The zero-order valence-corrected chi connectivity index (χ0v) is 19.6. The normalized spacial score (nSPS) is 16.3. The summed E-state index contributed by atoms with van der Waals surface area (Å²) in [6.07, 6.45) is -3.35. The number of rotatable bonds is 4. The number of hydrogen-bond donors (Lipinski definition) is 0. The molecule has 0 aliphatic carbocycles. The maximum Gasteiger partial charge on any atom is 0.434 e. The summed E-state index contributed by atoms with van der Waals surface area (Å²) in [5.41, 5.74) is -0.737. The van der Waals surface area contributed by atoms with Crippen LogP contribution in [0.4, 0.5) is 13.2 Å². The van der Waals surface area contributed by atoms with Crippen LogP contribution in [0.15, 0.2) is 69.6 Å². The van der Waals surface area contributed by atoms with Crippen molar-refractivity contribution < 1.29 is 22.7 Å². The number of fused-ring (bicyclic) bond motifs is 1. The fraction of sp³-hybridized carbons (Fsp3) is 0.208. The highest BCUT2D eigenvalue weighted by atomic mass is 35.5. The van der Waals surface area contributed by atoms with Crippen LogP contribution in [0.25, 0.3) is 6.08 Å². The molecule has 0 radical (unpaired) electrons. The Kier molecular flexibility index (Phi) is 6.51. The number of allylic oxidation sites excluding steroid dienone is 1. The molecule has 1 aromatic heterocycles. The van der Waals surface area contributed by atoms with Gasteiger partial charge in [0.25, 0.3) is 5.56 Å². The molecule has 10 heteroatoms. The van der Waals surface area contributed by atoms with E-state index in [-0.39, 0.29) is 21.5 Å². The van der Waals surface area contributed by atoms with Crippen molar-refractivity contribution in [2.24, 2.45) is 4.99 Å². The first-order chi connectivity index (χ1) is 16.1. The number of aryl methyl sites for hydroxylation is 1. The summed E-state index contributed by atoms with van der Waals surface area (Å²) < 4.78 is 48.4. The Labute approximate surface area is 201 Å². The third-order valence-electron chi connectivity index (χ3n) is 5.12. The topological polar surface area (TPSA) is 60.7 Å². The van der Waals surface area contributed by atoms with E-state index in [0.29, 0.717) is 10.6 Å². The Hall–Kier alpha value is -3.17. The third-order valence-corrected chi connectivity index (χ3v) is 6.36. The van der Waals surface area contributed by atoms with Gasteiger partial charge in [0.15, 0.2) is 10.5 Å². The molecule has 0 amide bonds. The monoisotopic (exact) mass is 506 g/mol. The van der Waals surface area contributed by atoms with Crippen LogP contribution in [-0.4, -0.2) is 23.3 Å². The van der Waals surface area contributed by atoms with E-state index in [0.717, 1.165) is 21.5 Å². The van der Waals surface area contributed by atoms with Gasteiger partial charge in [0.1, 0.15) is 0 Å². The number of carbonyl (C=O) groups excluding carboxylic acids is 1. The van der Waals surface area contributed by atoms with Crippen LogP contribution < -0.4 is 14.9 Å². The average Bonchev–Trinajstić information content (AvgIpc) is 3.08. The molecule has 0 fully saturated rings. The second-order valence-electron chi connectivity index (χ2n) is 7.53. The minimum Gasteiger partial charge on any atom is -0.463 e. The van der Waals surface area contributed by atoms with Crippen LogP contribution in [0.1, 0.15) is 29.7 Å². The smallest absolute Gasteiger partial charge is 0.434 e. The van der Waals surface area contributed by atoms with Gasteiger partial charge in [-0.05, 0) is 43.2 Å². The number of nitrogens with zero attached hydrogens (tertiary/aromatic N) is 2. The maximum absolute atomic E-state index is 14.1. The van der Waals surface area contributed by atoms with Gasteiger partial charge in [0.2, 0.25) is 0 Å². The van der Waals surface area contributed by atoms with Crippen LogP contribution in [0.5, 0.6) is 0 Å². The number of esters is 1. The first-order valence-electron chi connectivity index (χ1n) is 10.2. The van der Waals surface area contributed by atoms with E-state index < -0.39 is 35.0 Å². The van der Waals surface area contributed by atoms with Crippen LogP contribution in [0.2, 0.25) is 5.02 Å². The lowest BCUT2D eigenvalue weighted by molar-refractivity contribution is -0.140. The molecule has 0 saturated carbocycles. The number of alkyl halides is 3. The number of carbonyl (C=O) groups is 1. The summed E-state index contributed by atoms with van der Waals surface area (Å²) in [5.74, 6) is -1.19. The maximum atomic E-state index is 14.1.